The third-order valence-electron chi connectivity index (χ3n) is 3.71. The number of hydrogen-bond donors (Lipinski definition) is 2. The second-order valence-electron chi connectivity index (χ2n) is 7.21. The number of rotatable bonds is 5. The number of aliphatic hydroxyl groups excluding tert-OH is 1. The van der Waals surface area contributed by atoms with Crippen molar-refractivity contribution in [1.82, 2.24) is 5.32 Å². The molecule has 1 aliphatic carbocycles. The average Bonchev–Trinajstić information content (AvgIpc) is 2.14. The molecule has 3 unspecified atom stereocenters. The van der Waals surface area contributed by atoms with Crippen LogP contribution in [0.3, 0.4) is 0 Å². The maximum absolute atomic E-state index is 9.90. The van der Waals surface area contributed by atoms with Crippen LogP contribution in [0, 0.1) is 17.3 Å². The minimum absolute atomic E-state index is 0.198. The van der Waals surface area contributed by atoms with Gasteiger partial charge in [-0.1, -0.05) is 40.5 Å². The molecule has 0 bridgehead atoms. The standard InChI is InChI=1S/C15H31NO/c1-12-6-5-7-13(8-12)10-16-11-14(17)9-15(2,3)4/h12-14,16-17H,5-11H2,1-4H3. The highest BCUT2D eigenvalue weighted by Crippen LogP contribution is 2.28. The minimum atomic E-state index is -0.198. The highest BCUT2D eigenvalue weighted by molar-refractivity contribution is 4.74. The lowest BCUT2D eigenvalue weighted by Gasteiger charge is -2.28. The molecule has 2 N–H and O–H groups in total. The van der Waals surface area contributed by atoms with Crippen molar-refractivity contribution in [1.29, 1.82) is 0 Å². The highest BCUT2D eigenvalue weighted by Gasteiger charge is 2.20. The van der Waals surface area contributed by atoms with Crippen molar-refractivity contribution in [3.8, 4) is 0 Å². The maximum atomic E-state index is 9.90. The fourth-order valence-corrected chi connectivity index (χ4v) is 2.98. The first kappa shape index (κ1) is 15.0. The Morgan fingerprint density at radius 1 is 1.29 bits per heavy atom. The normalized spacial score (nSPS) is 28.1. The van der Waals surface area contributed by atoms with Crippen molar-refractivity contribution in [3.63, 3.8) is 0 Å². The molecule has 1 fully saturated rings. The van der Waals surface area contributed by atoms with E-state index in [1.165, 1.54) is 25.7 Å². The van der Waals surface area contributed by atoms with Crippen LogP contribution in [0.5, 0.6) is 0 Å². The van der Waals surface area contributed by atoms with Gasteiger partial charge in [-0.3, -0.25) is 0 Å². The Morgan fingerprint density at radius 3 is 2.59 bits per heavy atom. The molecular formula is C15H31NO. The topological polar surface area (TPSA) is 32.3 Å². The highest BCUT2D eigenvalue weighted by atomic mass is 16.3. The predicted molar refractivity (Wildman–Crippen MR) is 74.1 cm³/mol. The summed E-state index contributed by atoms with van der Waals surface area (Å²) in [5, 5.41) is 13.4. The van der Waals surface area contributed by atoms with E-state index in [9.17, 15) is 5.11 Å². The van der Waals surface area contributed by atoms with Gasteiger partial charge in [0.15, 0.2) is 0 Å². The lowest BCUT2D eigenvalue weighted by Crippen LogP contribution is -2.34. The maximum Gasteiger partial charge on any atom is 0.0669 e. The molecule has 0 aromatic rings. The van der Waals surface area contributed by atoms with Gasteiger partial charge < -0.3 is 10.4 Å². The Kier molecular flexibility index (Phi) is 5.94. The van der Waals surface area contributed by atoms with Crippen molar-refractivity contribution in [2.75, 3.05) is 13.1 Å². The van der Waals surface area contributed by atoms with Crippen LogP contribution in [0.2, 0.25) is 0 Å². The van der Waals surface area contributed by atoms with Gasteiger partial charge in [0.1, 0.15) is 0 Å². The number of nitrogens with one attached hydrogen (secondary N) is 1. The quantitative estimate of drug-likeness (QED) is 0.775. The summed E-state index contributed by atoms with van der Waals surface area (Å²) in [6.45, 7) is 10.7. The zero-order valence-electron chi connectivity index (χ0n) is 12.1. The van der Waals surface area contributed by atoms with Crippen LogP contribution in [-0.4, -0.2) is 24.3 Å². The van der Waals surface area contributed by atoms with Crippen molar-refractivity contribution >= 4 is 0 Å². The molecule has 0 aromatic carbocycles. The average molecular weight is 241 g/mol. The van der Waals surface area contributed by atoms with Crippen LogP contribution in [0.15, 0.2) is 0 Å². The summed E-state index contributed by atoms with van der Waals surface area (Å²) >= 11 is 0. The lowest BCUT2D eigenvalue weighted by molar-refractivity contribution is 0.117. The van der Waals surface area contributed by atoms with Crippen LogP contribution in [0.4, 0.5) is 0 Å². The zero-order chi connectivity index (χ0) is 12.9. The molecule has 0 aliphatic heterocycles. The van der Waals surface area contributed by atoms with E-state index in [-0.39, 0.29) is 11.5 Å². The summed E-state index contributed by atoms with van der Waals surface area (Å²) < 4.78 is 0. The first-order chi connectivity index (χ1) is 7.87. The Labute approximate surface area is 107 Å². The molecule has 0 heterocycles. The summed E-state index contributed by atoms with van der Waals surface area (Å²) in [5.74, 6) is 1.73. The first-order valence-corrected chi connectivity index (χ1v) is 7.25. The van der Waals surface area contributed by atoms with Gasteiger partial charge in [0, 0.05) is 6.54 Å². The Bertz CT molecular complexity index is 209. The van der Waals surface area contributed by atoms with Crippen molar-refractivity contribution in [2.24, 2.45) is 17.3 Å². The smallest absolute Gasteiger partial charge is 0.0669 e. The van der Waals surface area contributed by atoms with Crippen molar-refractivity contribution in [2.45, 2.75) is 65.9 Å². The van der Waals surface area contributed by atoms with E-state index >= 15 is 0 Å². The molecule has 102 valence electrons. The monoisotopic (exact) mass is 241 g/mol. The molecule has 1 rings (SSSR count). The van der Waals surface area contributed by atoms with E-state index < -0.39 is 0 Å². The van der Waals surface area contributed by atoms with Crippen LogP contribution in [-0.2, 0) is 0 Å². The van der Waals surface area contributed by atoms with E-state index in [1.54, 1.807) is 0 Å². The van der Waals surface area contributed by atoms with Gasteiger partial charge in [-0.05, 0) is 43.1 Å². The SMILES string of the molecule is CC1CCCC(CNCC(O)CC(C)(C)C)C1. The Balaban J connectivity index is 2.10. The number of hydrogen-bond acceptors (Lipinski definition) is 2. The van der Waals surface area contributed by atoms with Gasteiger partial charge in [0.2, 0.25) is 0 Å². The largest absolute Gasteiger partial charge is 0.392 e. The van der Waals surface area contributed by atoms with Gasteiger partial charge in [0.05, 0.1) is 6.10 Å². The number of aliphatic hydroxyl groups is 1. The summed E-state index contributed by atoms with van der Waals surface area (Å²) in [4.78, 5) is 0. The second-order valence-corrected chi connectivity index (χ2v) is 7.21. The summed E-state index contributed by atoms with van der Waals surface area (Å²) in [6, 6.07) is 0. The molecule has 1 saturated carbocycles. The van der Waals surface area contributed by atoms with Crippen LogP contribution in [0.25, 0.3) is 0 Å². The first-order valence-electron chi connectivity index (χ1n) is 7.25. The molecule has 1 aliphatic rings. The molecule has 0 radical (unpaired) electrons. The second kappa shape index (κ2) is 6.75. The van der Waals surface area contributed by atoms with Gasteiger partial charge in [0.25, 0.3) is 0 Å². The summed E-state index contributed by atoms with van der Waals surface area (Å²) in [6.07, 6.45) is 6.20. The molecule has 0 amide bonds. The van der Waals surface area contributed by atoms with Crippen LogP contribution >= 0.6 is 0 Å². The molecule has 3 atom stereocenters. The van der Waals surface area contributed by atoms with Gasteiger partial charge in [-0.15, -0.1) is 0 Å². The van der Waals surface area contributed by atoms with E-state index in [1.807, 2.05) is 0 Å². The molecule has 0 aromatic heterocycles. The van der Waals surface area contributed by atoms with Crippen molar-refractivity contribution < 1.29 is 5.11 Å². The van der Waals surface area contributed by atoms with E-state index in [4.69, 9.17) is 0 Å². The molecule has 17 heavy (non-hydrogen) atoms. The fourth-order valence-electron chi connectivity index (χ4n) is 2.98. The Hall–Kier alpha value is -0.0800. The molecular weight excluding hydrogens is 210 g/mol. The molecule has 0 saturated heterocycles. The predicted octanol–water partition coefficient (Wildman–Crippen LogP) is 3.20. The third kappa shape index (κ3) is 7.05. The Morgan fingerprint density at radius 2 is 2.00 bits per heavy atom. The minimum Gasteiger partial charge on any atom is -0.392 e. The molecule has 0 spiro atoms. The van der Waals surface area contributed by atoms with E-state index in [0.717, 1.165) is 31.3 Å². The van der Waals surface area contributed by atoms with Crippen LogP contribution in [0.1, 0.15) is 59.8 Å². The molecule has 2 heteroatoms. The van der Waals surface area contributed by atoms with Gasteiger partial charge >= 0.3 is 0 Å². The summed E-state index contributed by atoms with van der Waals surface area (Å²) in [7, 11) is 0. The van der Waals surface area contributed by atoms with Gasteiger partial charge in [-0.2, -0.15) is 0 Å². The summed E-state index contributed by atoms with van der Waals surface area (Å²) in [5.41, 5.74) is 0.223. The third-order valence-corrected chi connectivity index (χ3v) is 3.71. The van der Waals surface area contributed by atoms with Crippen LogP contribution < -0.4 is 5.32 Å². The van der Waals surface area contributed by atoms with E-state index in [2.05, 4.69) is 33.0 Å². The lowest BCUT2D eigenvalue weighted by atomic mass is 9.82. The zero-order valence-corrected chi connectivity index (χ0v) is 12.1. The van der Waals surface area contributed by atoms with Crippen molar-refractivity contribution in [3.05, 3.63) is 0 Å². The van der Waals surface area contributed by atoms with Gasteiger partial charge in [-0.25, -0.2) is 0 Å². The fraction of sp³-hybridized carbons (Fsp3) is 1.00. The molecule has 2 nitrogen and oxygen atoms in total. The van der Waals surface area contributed by atoms with E-state index in [0.29, 0.717) is 0 Å².